The van der Waals surface area contributed by atoms with Crippen molar-refractivity contribution >= 4 is 49.2 Å². The number of benzene rings is 2. The molecule has 1 unspecified atom stereocenters. The predicted molar refractivity (Wildman–Crippen MR) is 142 cm³/mol. The summed E-state index contributed by atoms with van der Waals surface area (Å²) < 4.78 is 15.0. The molecule has 5 nitrogen and oxygen atoms in total. The monoisotopic (exact) mass is 554 g/mol. The third-order valence-corrected chi connectivity index (χ3v) is 8.40. The van der Waals surface area contributed by atoms with Gasteiger partial charge >= 0.3 is 0 Å². The van der Waals surface area contributed by atoms with E-state index in [1.165, 1.54) is 11.8 Å². The van der Waals surface area contributed by atoms with Crippen molar-refractivity contribution < 1.29 is 9.47 Å². The standard InChI is InChI=1S/C26H23BrN2O3S2/c1-4-10-29-24(30)21-15(2)16(3)34-23(21)28-26(29)33-14-19-12-20(27)11-18-13-31-25(32-22(18)19)17-8-6-5-7-9-17/h4-9,11-12,25H,1,10,13-14H2,2-3H3. The van der Waals surface area contributed by atoms with Crippen LogP contribution in [0.1, 0.15) is 33.4 Å². The Morgan fingerprint density at radius 3 is 2.85 bits per heavy atom. The van der Waals surface area contributed by atoms with Crippen LogP contribution in [0.4, 0.5) is 0 Å². The minimum absolute atomic E-state index is 0.0145. The second kappa shape index (κ2) is 9.70. The van der Waals surface area contributed by atoms with Gasteiger partial charge in [-0.25, -0.2) is 4.98 Å². The summed E-state index contributed by atoms with van der Waals surface area (Å²) in [5.74, 6) is 1.43. The Hall–Kier alpha value is -2.39. The minimum atomic E-state index is -0.455. The first-order valence-corrected chi connectivity index (χ1v) is 13.4. The van der Waals surface area contributed by atoms with Gasteiger partial charge in [0.1, 0.15) is 10.6 Å². The van der Waals surface area contributed by atoms with Gasteiger partial charge in [-0.15, -0.1) is 17.9 Å². The smallest absolute Gasteiger partial charge is 0.263 e. The second-order valence-corrected chi connectivity index (χ2v) is 11.1. The number of hydrogen-bond acceptors (Lipinski definition) is 6. The molecule has 0 radical (unpaired) electrons. The molecule has 5 rings (SSSR count). The number of ether oxygens (including phenoxy) is 2. The number of thiophene rings is 1. The fourth-order valence-corrected chi connectivity index (χ4v) is 6.61. The molecule has 2 aromatic heterocycles. The predicted octanol–water partition coefficient (Wildman–Crippen LogP) is 6.92. The molecule has 0 amide bonds. The number of hydrogen-bond donors (Lipinski definition) is 0. The number of halogens is 1. The molecule has 0 fully saturated rings. The molecular formula is C26H23BrN2O3S2. The largest absolute Gasteiger partial charge is 0.460 e. The Balaban J connectivity index is 1.49. The van der Waals surface area contributed by atoms with Gasteiger partial charge in [-0.1, -0.05) is 64.1 Å². The molecule has 174 valence electrons. The second-order valence-electron chi connectivity index (χ2n) is 8.08. The SMILES string of the molecule is C=CCn1c(SCc2cc(Br)cc3c2OC(c2ccccc2)OC3)nc2sc(C)c(C)c2c1=O. The van der Waals surface area contributed by atoms with Crippen molar-refractivity contribution in [3.63, 3.8) is 0 Å². The molecule has 0 spiro atoms. The van der Waals surface area contributed by atoms with Crippen LogP contribution < -0.4 is 10.3 Å². The maximum absolute atomic E-state index is 13.3. The van der Waals surface area contributed by atoms with Gasteiger partial charge < -0.3 is 9.47 Å². The minimum Gasteiger partial charge on any atom is -0.460 e. The van der Waals surface area contributed by atoms with Crippen molar-refractivity contribution in [3.05, 3.63) is 97.1 Å². The van der Waals surface area contributed by atoms with Crippen LogP contribution in [-0.2, 0) is 23.6 Å². The first-order chi connectivity index (χ1) is 16.5. The molecule has 34 heavy (non-hydrogen) atoms. The highest BCUT2D eigenvalue weighted by atomic mass is 79.9. The number of allylic oxidation sites excluding steroid dienone is 1. The Morgan fingerprint density at radius 2 is 2.09 bits per heavy atom. The zero-order valence-corrected chi connectivity index (χ0v) is 22.1. The van der Waals surface area contributed by atoms with Gasteiger partial charge in [0.15, 0.2) is 5.16 Å². The van der Waals surface area contributed by atoms with E-state index < -0.39 is 6.29 Å². The van der Waals surface area contributed by atoms with Crippen molar-refractivity contribution in [2.24, 2.45) is 0 Å². The Morgan fingerprint density at radius 1 is 1.29 bits per heavy atom. The lowest BCUT2D eigenvalue weighted by Crippen LogP contribution is -2.22. The molecule has 2 aromatic carbocycles. The first-order valence-electron chi connectivity index (χ1n) is 10.8. The van der Waals surface area contributed by atoms with Gasteiger partial charge in [-0.3, -0.25) is 9.36 Å². The van der Waals surface area contributed by atoms with Gasteiger partial charge in [-0.05, 0) is 31.5 Å². The van der Waals surface area contributed by atoms with Crippen LogP contribution in [0, 0.1) is 13.8 Å². The molecule has 0 bridgehead atoms. The van der Waals surface area contributed by atoms with Crippen molar-refractivity contribution in [3.8, 4) is 5.75 Å². The Kier molecular flexibility index (Phi) is 6.66. The molecule has 3 heterocycles. The van der Waals surface area contributed by atoms with E-state index >= 15 is 0 Å². The average molecular weight is 556 g/mol. The zero-order chi connectivity index (χ0) is 23.8. The van der Waals surface area contributed by atoms with E-state index in [0.29, 0.717) is 29.4 Å². The lowest BCUT2D eigenvalue weighted by molar-refractivity contribution is -0.111. The molecule has 8 heteroatoms. The number of nitrogens with zero attached hydrogens (tertiary/aromatic N) is 2. The average Bonchev–Trinajstić information content (AvgIpc) is 3.13. The van der Waals surface area contributed by atoms with Crippen LogP contribution in [0.3, 0.4) is 0 Å². The summed E-state index contributed by atoms with van der Waals surface area (Å²) in [7, 11) is 0. The van der Waals surface area contributed by atoms with Gasteiger partial charge in [0, 0.05) is 38.3 Å². The third kappa shape index (κ3) is 4.35. The van der Waals surface area contributed by atoms with Crippen molar-refractivity contribution in [2.75, 3.05) is 0 Å². The van der Waals surface area contributed by atoms with Crippen LogP contribution in [-0.4, -0.2) is 9.55 Å². The molecular weight excluding hydrogens is 532 g/mol. The van der Waals surface area contributed by atoms with Crippen LogP contribution in [0.5, 0.6) is 5.75 Å². The quantitative estimate of drug-likeness (QED) is 0.147. The van der Waals surface area contributed by atoms with Crippen molar-refractivity contribution in [1.29, 1.82) is 0 Å². The Labute approximate surface area is 214 Å². The summed E-state index contributed by atoms with van der Waals surface area (Å²) in [5.41, 5.74) is 3.99. The molecule has 0 aliphatic carbocycles. The van der Waals surface area contributed by atoms with Gasteiger partial charge in [0.05, 0.1) is 12.0 Å². The molecule has 0 saturated carbocycles. The van der Waals surface area contributed by atoms with Crippen LogP contribution in [0.25, 0.3) is 10.2 Å². The highest BCUT2D eigenvalue weighted by Crippen LogP contribution is 2.40. The summed E-state index contributed by atoms with van der Waals surface area (Å²) in [5, 5.41) is 1.39. The zero-order valence-electron chi connectivity index (χ0n) is 18.8. The summed E-state index contributed by atoms with van der Waals surface area (Å²) in [6.45, 7) is 8.73. The van der Waals surface area contributed by atoms with E-state index in [9.17, 15) is 4.79 Å². The number of rotatable bonds is 6. The van der Waals surface area contributed by atoms with Gasteiger partial charge in [0.25, 0.3) is 5.56 Å². The van der Waals surface area contributed by atoms with Crippen molar-refractivity contribution in [2.45, 2.75) is 44.2 Å². The highest BCUT2D eigenvalue weighted by Gasteiger charge is 2.25. The molecule has 1 aliphatic heterocycles. The summed E-state index contributed by atoms with van der Waals surface area (Å²) >= 11 is 6.72. The maximum atomic E-state index is 13.3. The summed E-state index contributed by atoms with van der Waals surface area (Å²) in [6, 6.07) is 14.0. The number of fused-ring (bicyclic) bond motifs is 2. The summed E-state index contributed by atoms with van der Waals surface area (Å²) in [6.07, 6.45) is 1.28. The first kappa shape index (κ1) is 23.4. The normalized spacial score (nSPS) is 15.2. The topological polar surface area (TPSA) is 53.4 Å². The van der Waals surface area contributed by atoms with E-state index in [-0.39, 0.29) is 5.56 Å². The van der Waals surface area contributed by atoms with Crippen LogP contribution in [0.2, 0.25) is 0 Å². The van der Waals surface area contributed by atoms with E-state index in [1.807, 2.05) is 50.2 Å². The maximum Gasteiger partial charge on any atom is 0.263 e. The molecule has 0 N–H and O–H groups in total. The molecule has 4 aromatic rings. The van der Waals surface area contributed by atoms with Crippen LogP contribution in [0.15, 0.2) is 69.5 Å². The van der Waals surface area contributed by atoms with Crippen molar-refractivity contribution in [1.82, 2.24) is 9.55 Å². The van der Waals surface area contributed by atoms with E-state index in [1.54, 1.807) is 22.0 Å². The Bertz CT molecular complexity index is 1450. The van der Waals surface area contributed by atoms with E-state index in [0.717, 1.165) is 42.2 Å². The number of thioether (sulfide) groups is 1. The van der Waals surface area contributed by atoms with Gasteiger partial charge in [0.2, 0.25) is 6.29 Å². The molecule has 0 saturated heterocycles. The third-order valence-electron chi connectivity index (χ3n) is 5.82. The van der Waals surface area contributed by atoms with Gasteiger partial charge in [-0.2, -0.15) is 0 Å². The lowest BCUT2D eigenvalue weighted by atomic mass is 10.1. The van der Waals surface area contributed by atoms with E-state index in [4.69, 9.17) is 14.5 Å². The van der Waals surface area contributed by atoms with Crippen LogP contribution >= 0.6 is 39.0 Å². The lowest BCUT2D eigenvalue weighted by Gasteiger charge is -2.28. The highest BCUT2D eigenvalue weighted by molar-refractivity contribution is 9.10. The number of aromatic nitrogens is 2. The fourth-order valence-electron chi connectivity index (χ4n) is 4.01. The molecule has 1 atom stereocenters. The number of aryl methyl sites for hydroxylation is 2. The fraction of sp³-hybridized carbons (Fsp3) is 0.231. The molecule has 1 aliphatic rings. The van der Waals surface area contributed by atoms with E-state index in [2.05, 4.69) is 28.6 Å². The summed E-state index contributed by atoms with van der Waals surface area (Å²) in [4.78, 5) is 20.1.